The fourth-order valence-corrected chi connectivity index (χ4v) is 4.23. The van der Waals surface area contributed by atoms with Crippen LogP contribution >= 0.6 is 0 Å². The summed E-state index contributed by atoms with van der Waals surface area (Å²) in [5.41, 5.74) is 6.11. The minimum atomic E-state index is -0.438. The Morgan fingerprint density at radius 2 is 2.10 bits per heavy atom. The Bertz CT molecular complexity index is 598. The van der Waals surface area contributed by atoms with Crippen LogP contribution in [-0.4, -0.2) is 11.9 Å². The summed E-state index contributed by atoms with van der Waals surface area (Å²) in [7, 11) is 0. The largest absolute Gasteiger partial charge is 0.487 e. The van der Waals surface area contributed by atoms with Gasteiger partial charge in [-0.25, -0.2) is 4.39 Å². The molecule has 0 aliphatic heterocycles. The molecule has 4 heteroatoms. The van der Waals surface area contributed by atoms with Crippen molar-refractivity contribution in [3.8, 4) is 5.75 Å². The summed E-state index contributed by atoms with van der Waals surface area (Å²) in [5.74, 6) is 0.363. The summed E-state index contributed by atoms with van der Waals surface area (Å²) in [5, 5.41) is 7.35. The topological polar surface area (TPSA) is 59.1 Å². The van der Waals surface area contributed by atoms with E-state index >= 15 is 0 Å². The zero-order valence-corrected chi connectivity index (χ0v) is 12.9. The number of halogens is 1. The highest BCUT2D eigenvalue weighted by molar-refractivity contribution is 5.95. The molecule has 0 radical (unpaired) electrons. The average Bonchev–Trinajstić information content (AvgIpc) is 2.74. The Hall–Kier alpha value is -1.58. The van der Waals surface area contributed by atoms with Crippen molar-refractivity contribution >= 4 is 5.84 Å². The summed E-state index contributed by atoms with van der Waals surface area (Å²) in [6.45, 7) is 6.89. The van der Waals surface area contributed by atoms with Gasteiger partial charge in [-0.2, -0.15) is 0 Å². The molecule has 3 N–H and O–H groups in total. The minimum absolute atomic E-state index is 0.0592. The number of benzene rings is 1. The van der Waals surface area contributed by atoms with E-state index in [1.807, 2.05) is 0 Å². The van der Waals surface area contributed by atoms with Gasteiger partial charge in [-0.05, 0) is 48.8 Å². The van der Waals surface area contributed by atoms with Gasteiger partial charge in [0.15, 0.2) is 11.6 Å². The van der Waals surface area contributed by atoms with Crippen molar-refractivity contribution in [2.24, 2.45) is 22.5 Å². The predicted octanol–water partition coefficient (Wildman–Crippen LogP) is 3.70. The van der Waals surface area contributed by atoms with Crippen LogP contribution in [0.3, 0.4) is 0 Å². The maximum atomic E-state index is 14.1. The normalized spacial score (nSPS) is 33.1. The van der Waals surface area contributed by atoms with Crippen LogP contribution in [-0.2, 0) is 0 Å². The first-order valence-electron chi connectivity index (χ1n) is 7.56. The van der Waals surface area contributed by atoms with Crippen molar-refractivity contribution in [3.05, 3.63) is 29.6 Å². The SMILES string of the molecule is CC1(C)C2CCC1(C)C(Oc1ccc(C(=N)N)cc1F)C2. The lowest BCUT2D eigenvalue weighted by atomic mass is 9.70. The molecule has 3 unspecified atom stereocenters. The number of nitrogen functional groups attached to an aromatic ring is 1. The molecular formula is C17H23FN2O. The monoisotopic (exact) mass is 290 g/mol. The second-order valence-corrected chi connectivity index (χ2v) is 7.28. The van der Waals surface area contributed by atoms with Crippen molar-refractivity contribution in [2.45, 2.75) is 46.1 Å². The lowest BCUT2D eigenvalue weighted by Gasteiger charge is -2.38. The van der Waals surface area contributed by atoms with E-state index in [-0.39, 0.29) is 28.5 Å². The van der Waals surface area contributed by atoms with Crippen LogP contribution in [0, 0.1) is 28.0 Å². The number of amidine groups is 1. The first kappa shape index (κ1) is 14.4. The third-order valence-corrected chi connectivity index (χ3v) is 6.23. The van der Waals surface area contributed by atoms with Crippen LogP contribution in [0.5, 0.6) is 5.75 Å². The van der Waals surface area contributed by atoms with Gasteiger partial charge >= 0.3 is 0 Å². The van der Waals surface area contributed by atoms with Gasteiger partial charge in [0, 0.05) is 11.0 Å². The lowest BCUT2D eigenvalue weighted by molar-refractivity contribution is 0.0278. The molecule has 2 fully saturated rings. The molecule has 3 atom stereocenters. The van der Waals surface area contributed by atoms with Crippen molar-refractivity contribution in [3.63, 3.8) is 0 Å². The van der Waals surface area contributed by atoms with Crippen molar-refractivity contribution in [2.75, 3.05) is 0 Å². The average molecular weight is 290 g/mol. The summed E-state index contributed by atoms with van der Waals surface area (Å²) in [6.07, 6.45) is 3.44. The van der Waals surface area contributed by atoms with Crippen LogP contribution in [0.1, 0.15) is 45.6 Å². The predicted molar refractivity (Wildman–Crippen MR) is 81.1 cm³/mol. The molecule has 3 nitrogen and oxygen atoms in total. The molecule has 0 spiro atoms. The first-order valence-corrected chi connectivity index (χ1v) is 7.56. The molecule has 2 aliphatic rings. The molecular weight excluding hydrogens is 267 g/mol. The van der Waals surface area contributed by atoms with Crippen LogP contribution in [0.25, 0.3) is 0 Å². The zero-order valence-electron chi connectivity index (χ0n) is 12.9. The highest BCUT2D eigenvalue weighted by Crippen LogP contribution is 2.66. The van der Waals surface area contributed by atoms with E-state index in [1.165, 1.54) is 12.5 Å². The third kappa shape index (κ3) is 1.95. The molecule has 2 saturated carbocycles. The summed E-state index contributed by atoms with van der Waals surface area (Å²) in [4.78, 5) is 0. The Morgan fingerprint density at radius 1 is 1.38 bits per heavy atom. The standard InChI is InChI=1S/C17H23FN2O/c1-16(2)11-6-7-17(16,3)14(9-11)21-13-5-4-10(15(19)20)8-12(13)18/h4-5,8,11,14H,6-7,9H2,1-3H3,(H3,19,20). The summed E-state index contributed by atoms with van der Waals surface area (Å²) < 4.78 is 20.2. The van der Waals surface area contributed by atoms with E-state index in [0.29, 0.717) is 11.5 Å². The molecule has 0 aromatic heterocycles. The molecule has 0 amide bonds. The zero-order chi connectivity index (χ0) is 15.4. The van der Waals surface area contributed by atoms with Gasteiger partial charge in [-0.15, -0.1) is 0 Å². The molecule has 0 heterocycles. The van der Waals surface area contributed by atoms with Crippen molar-refractivity contribution < 1.29 is 9.13 Å². The maximum Gasteiger partial charge on any atom is 0.165 e. The van der Waals surface area contributed by atoms with Gasteiger partial charge in [-0.1, -0.05) is 20.8 Å². The molecule has 21 heavy (non-hydrogen) atoms. The molecule has 1 aromatic carbocycles. The van der Waals surface area contributed by atoms with E-state index in [0.717, 1.165) is 12.8 Å². The van der Waals surface area contributed by atoms with Crippen LogP contribution in [0.4, 0.5) is 4.39 Å². The first-order chi connectivity index (χ1) is 9.75. The number of nitrogens with one attached hydrogen (secondary N) is 1. The molecule has 0 saturated heterocycles. The van der Waals surface area contributed by atoms with E-state index in [1.54, 1.807) is 12.1 Å². The Morgan fingerprint density at radius 3 is 2.57 bits per heavy atom. The fraction of sp³-hybridized carbons (Fsp3) is 0.588. The molecule has 2 aliphatic carbocycles. The smallest absolute Gasteiger partial charge is 0.165 e. The molecule has 2 bridgehead atoms. The molecule has 3 rings (SSSR count). The van der Waals surface area contributed by atoms with Gasteiger partial charge in [0.1, 0.15) is 11.9 Å². The van der Waals surface area contributed by atoms with Crippen LogP contribution in [0.2, 0.25) is 0 Å². The van der Waals surface area contributed by atoms with Crippen molar-refractivity contribution in [1.29, 1.82) is 5.41 Å². The van der Waals surface area contributed by atoms with Gasteiger partial charge in [0.25, 0.3) is 0 Å². The maximum absolute atomic E-state index is 14.1. The second-order valence-electron chi connectivity index (χ2n) is 7.28. The lowest BCUT2D eigenvalue weighted by Crippen LogP contribution is -2.39. The number of ether oxygens (including phenoxy) is 1. The molecule has 1 aromatic rings. The number of rotatable bonds is 3. The van der Waals surface area contributed by atoms with Gasteiger partial charge in [0.05, 0.1) is 0 Å². The Balaban J connectivity index is 1.84. The number of nitrogens with two attached hydrogens (primary N) is 1. The summed E-state index contributed by atoms with van der Waals surface area (Å²) >= 11 is 0. The third-order valence-electron chi connectivity index (χ3n) is 6.23. The second kappa shape index (κ2) is 4.46. The highest BCUT2D eigenvalue weighted by Gasteiger charge is 2.62. The molecule has 114 valence electrons. The number of fused-ring (bicyclic) bond motifs is 2. The van der Waals surface area contributed by atoms with E-state index in [9.17, 15) is 4.39 Å². The fourth-order valence-electron chi connectivity index (χ4n) is 4.23. The highest BCUT2D eigenvalue weighted by atomic mass is 19.1. The minimum Gasteiger partial charge on any atom is -0.487 e. The number of hydrogen-bond acceptors (Lipinski definition) is 2. The van der Waals surface area contributed by atoms with Gasteiger partial charge in [-0.3, -0.25) is 5.41 Å². The van der Waals surface area contributed by atoms with Crippen LogP contribution in [0.15, 0.2) is 18.2 Å². The van der Waals surface area contributed by atoms with E-state index in [4.69, 9.17) is 15.9 Å². The Labute approximate surface area is 125 Å². The number of hydrogen-bond donors (Lipinski definition) is 2. The van der Waals surface area contributed by atoms with Gasteiger partial charge in [0.2, 0.25) is 0 Å². The van der Waals surface area contributed by atoms with E-state index < -0.39 is 5.82 Å². The van der Waals surface area contributed by atoms with E-state index in [2.05, 4.69) is 20.8 Å². The van der Waals surface area contributed by atoms with Crippen molar-refractivity contribution in [1.82, 2.24) is 0 Å². The summed E-state index contributed by atoms with van der Waals surface area (Å²) in [6, 6.07) is 4.51. The quantitative estimate of drug-likeness (QED) is 0.658. The Kier molecular flexibility index (Phi) is 3.05. The van der Waals surface area contributed by atoms with Gasteiger partial charge < -0.3 is 10.5 Å². The van der Waals surface area contributed by atoms with Crippen LogP contribution < -0.4 is 10.5 Å².